The fourth-order valence-electron chi connectivity index (χ4n) is 0.988. The Labute approximate surface area is 61.5 Å². The minimum Gasteiger partial charge on any atom is -0.353 e. The van der Waals surface area contributed by atoms with Crippen LogP contribution in [0, 0.1) is 5.41 Å². The Bertz CT molecular complexity index is 148. The lowest BCUT2D eigenvalue weighted by Crippen LogP contribution is -2.42. The number of hydrogen-bond donors (Lipinski definition) is 1. The molecule has 0 spiro atoms. The topological polar surface area (TPSA) is 36.3 Å². The molecule has 0 aromatic heterocycles. The lowest BCUT2D eigenvalue weighted by molar-refractivity contribution is 0.0976. The highest BCUT2D eigenvalue weighted by Crippen LogP contribution is 2.16. The molecule has 58 valence electrons. The first kappa shape index (κ1) is 7.54. The van der Waals surface area contributed by atoms with Crippen LogP contribution in [-0.4, -0.2) is 29.6 Å². The molecule has 1 N–H and O–H groups in total. The highest BCUT2D eigenvalue weighted by Gasteiger charge is 2.27. The maximum atomic E-state index is 7.46. The maximum absolute atomic E-state index is 7.46. The summed E-state index contributed by atoms with van der Waals surface area (Å²) >= 11 is 0. The van der Waals surface area contributed by atoms with E-state index in [1.807, 2.05) is 4.90 Å². The molecule has 0 bridgehead atoms. The number of ether oxygens (including phenoxy) is 1. The van der Waals surface area contributed by atoms with E-state index in [9.17, 15) is 0 Å². The van der Waals surface area contributed by atoms with Crippen LogP contribution in [0.25, 0.3) is 0 Å². The van der Waals surface area contributed by atoms with Crippen LogP contribution in [0.3, 0.4) is 0 Å². The molecule has 1 heterocycles. The summed E-state index contributed by atoms with van der Waals surface area (Å²) in [7, 11) is 0. The number of rotatable bonds is 0. The Balaban J connectivity index is 2.64. The van der Waals surface area contributed by atoms with Crippen LogP contribution >= 0.6 is 0 Å². The summed E-state index contributed by atoms with van der Waals surface area (Å²) in [5.41, 5.74) is 0.0353. The summed E-state index contributed by atoms with van der Waals surface area (Å²) in [6, 6.07) is 0. The zero-order valence-electron chi connectivity index (χ0n) is 6.77. The van der Waals surface area contributed by atoms with Gasteiger partial charge in [0.1, 0.15) is 19.2 Å². The number of hydrogen-bond acceptors (Lipinski definition) is 2. The number of nitrogens with zero attached hydrogens (tertiary/aromatic N) is 1. The quantitative estimate of drug-likeness (QED) is 0.549. The van der Waals surface area contributed by atoms with Gasteiger partial charge in [0.2, 0.25) is 0 Å². The summed E-state index contributed by atoms with van der Waals surface area (Å²) in [6.45, 7) is 7.28. The molecule has 3 nitrogen and oxygen atoms in total. The highest BCUT2D eigenvalue weighted by molar-refractivity contribution is 5.82. The molecule has 0 amide bonds. The van der Waals surface area contributed by atoms with Gasteiger partial charge in [-0.25, -0.2) is 0 Å². The summed E-state index contributed by atoms with van der Waals surface area (Å²) in [6.07, 6.45) is 0. The van der Waals surface area contributed by atoms with Crippen molar-refractivity contribution in [1.29, 1.82) is 5.41 Å². The fraction of sp³-hybridized carbons (Fsp3) is 0.857. The normalized spacial score (nSPS) is 20.3. The van der Waals surface area contributed by atoms with Crippen molar-refractivity contribution in [2.45, 2.75) is 26.3 Å². The highest BCUT2D eigenvalue weighted by atomic mass is 16.5. The van der Waals surface area contributed by atoms with Crippen LogP contribution in [0.2, 0.25) is 0 Å². The third kappa shape index (κ3) is 1.29. The van der Waals surface area contributed by atoms with Gasteiger partial charge in [-0.05, 0) is 20.8 Å². The lowest BCUT2D eigenvalue weighted by atomic mass is 10.1. The summed E-state index contributed by atoms with van der Waals surface area (Å²) in [5, 5.41) is 7.46. The van der Waals surface area contributed by atoms with E-state index in [-0.39, 0.29) is 5.54 Å². The van der Waals surface area contributed by atoms with E-state index in [4.69, 9.17) is 10.1 Å². The van der Waals surface area contributed by atoms with E-state index < -0.39 is 0 Å². The van der Waals surface area contributed by atoms with Crippen LogP contribution in [0.15, 0.2) is 0 Å². The first-order chi connectivity index (χ1) is 4.52. The molecule has 3 heteroatoms. The molecule has 10 heavy (non-hydrogen) atoms. The van der Waals surface area contributed by atoms with Crippen molar-refractivity contribution in [1.82, 2.24) is 4.90 Å². The van der Waals surface area contributed by atoms with Gasteiger partial charge in [0.25, 0.3) is 0 Å². The van der Waals surface area contributed by atoms with Crippen molar-refractivity contribution in [2.24, 2.45) is 0 Å². The third-order valence-electron chi connectivity index (χ3n) is 1.59. The van der Waals surface area contributed by atoms with Gasteiger partial charge in [0.05, 0.1) is 0 Å². The van der Waals surface area contributed by atoms with Gasteiger partial charge in [-0.2, -0.15) is 0 Å². The van der Waals surface area contributed by atoms with Crippen molar-refractivity contribution < 1.29 is 4.74 Å². The molecule has 1 saturated heterocycles. The van der Waals surface area contributed by atoms with Crippen LogP contribution in [0.5, 0.6) is 0 Å². The molecule has 0 saturated carbocycles. The van der Waals surface area contributed by atoms with E-state index in [1.54, 1.807) is 0 Å². The fourth-order valence-corrected chi connectivity index (χ4v) is 0.988. The lowest BCUT2D eigenvalue weighted by Gasteiger charge is -2.31. The van der Waals surface area contributed by atoms with Gasteiger partial charge in [-0.1, -0.05) is 0 Å². The predicted molar refractivity (Wildman–Crippen MR) is 40.1 cm³/mol. The van der Waals surface area contributed by atoms with Gasteiger partial charge >= 0.3 is 0 Å². The van der Waals surface area contributed by atoms with Gasteiger partial charge < -0.3 is 9.64 Å². The van der Waals surface area contributed by atoms with Crippen LogP contribution in [-0.2, 0) is 4.74 Å². The molecule has 0 aromatic rings. The summed E-state index contributed by atoms with van der Waals surface area (Å²) < 4.78 is 5.10. The van der Waals surface area contributed by atoms with E-state index in [0.717, 1.165) is 0 Å². The first-order valence-electron chi connectivity index (χ1n) is 3.44. The summed E-state index contributed by atoms with van der Waals surface area (Å²) in [4.78, 5) is 1.95. The second-order valence-electron chi connectivity index (χ2n) is 3.52. The monoisotopic (exact) mass is 142 g/mol. The van der Waals surface area contributed by atoms with Gasteiger partial charge in [0, 0.05) is 5.54 Å². The standard InChI is InChI=1S/C7H14N2O/c1-7(2,3)9-5-10-4-6(9)8/h8H,4-5H2,1-3H3. The number of amidine groups is 1. The average molecular weight is 142 g/mol. The SMILES string of the molecule is CC(C)(C)N1COCC1=N. The first-order valence-corrected chi connectivity index (χ1v) is 3.44. The second-order valence-corrected chi connectivity index (χ2v) is 3.52. The minimum absolute atomic E-state index is 0.0353. The van der Waals surface area contributed by atoms with E-state index >= 15 is 0 Å². The molecule has 1 aliphatic heterocycles. The van der Waals surface area contributed by atoms with Gasteiger partial charge in [0.15, 0.2) is 0 Å². The third-order valence-corrected chi connectivity index (χ3v) is 1.59. The molecule has 0 aliphatic carbocycles. The van der Waals surface area contributed by atoms with E-state index in [0.29, 0.717) is 19.2 Å². The number of nitrogens with one attached hydrogen (secondary N) is 1. The molecule has 1 fully saturated rings. The second kappa shape index (κ2) is 2.23. The van der Waals surface area contributed by atoms with Crippen molar-refractivity contribution >= 4 is 5.84 Å². The Morgan fingerprint density at radius 3 is 2.30 bits per heavy atom. The molecule has 0 radical (unpaired) electrons. The smallest absolute Gasteiger partial charge is 0.125 e. The Hall–Kier alpha value is -0.570. The molecule has 1 aliphatic rings. The Morgan fingerprint density at radius 2 is 2.10 bits per heavy atom. The van der Waals surface area contributed by atoms with Crippen molar-refractivity contribution in [2.75, 3.05) is 13.3 Å². The van der Waals surface area contributed by atoms with E-state index in [2.05, 4.69) is 20.8 Å². The zero-order chi connectivity index (χ0) is 7.78. The van der Waals surface area contributed by atoms with Gasteiger partial charge in [-0.3, -0.25) is 5.41 Å². The van der Waals surface area contributed by atoms with Crippen LogP contribution < -0.4 is 0 Å². The predicted octanol–water partition coefficient (Wildman–Crippen LogP) is 1.05. The molecule has 0 atom stereocenters. The molecule has 1 rings (SSSR count). The molecule has 0 unspecified atom stereocenters. The molecular formula is C7H14N2O. The minimum atomic E-state index is 0.0353. The van der Waals surface area contributed by atoms with Gasteiger partial charge in [-0.15, -0.1) is 0 Å². The van der Waals surface area contributed by atoms with Crippen LogP contribution in [0.4, 0.5) is 0 Å². The van der Waals surface area contributed by atoms with Crippen molar-refractivity contribution in [3.05, 3.63) is 0 Å². The largest absolute Gasteiger partial charge is 0.353 e. The molecule has 0 aromatic carbocycles. The Morgan fingerprint density at radius 1 is 1.50 bits per heavy atom. The average Bonchev–Trinajstić information content (AvgIpc) is 2.11. The molecular weight excluding hydrogens is 128 g/mol. The zero-order valence-corrected chi connectivity index (χ0v) is 6.77. The summed E-state index contributed by atoms with van der Waals surface area (Å²) in [5.74, 6) is 0.590. The van der Waals surface area contributed by atoms with Crippen molar-refractivity contribution in [3.8, 4) is 0 Å². The van der Waals surface area contributed by atoms with E-state index in [1.165, 1.54) is 0 Å². The maximum Gasteiger partial charge on any atom is 0.125 e. The van der Waals surface area contributed by atoms with Crippen molar-refractivity contribution in [3.63, 3.8) is 0 Å². The van der Waals surface area contributed by atoms with Crippen LogP contribution in [0.1, 0.15) is 20.8 Å². The Kier molecular flexibility index (Phi) is 1.68.